The number of nitrogens with one attached hydrogen (secondary N) is 1. The normalized spacial score (nSPS) is 11.2. The van der Waals surface area contributed by atoms with Gasteiger partial charge in [0.25, 0.3) is 0 Å². The third-order valence-electron chi connectivity index (χ3n) is 2.35. The van der Waals surface area contributed by atoms with Crippen molar-refractivity contribution >= 4 is 28.1 Å². The molecule has 0 atom stereocenters. The van der Waals surface area contributed by atoms with Crippen molar-refractivity contribution < 1.29 is 27.8 Å². The molecular formula is C12H9F3N2O3S. The van der Waals surface area contributed by atoms with Crippen molar-refractivity contribution in [2.45, 2.75) is 13.3 Å². The Morgan fingerprint density at radius 2 is 2.05 bits per heavy atom. The van der Waals surface area contributed by atoms with Crippen LogP contribution >= 0.6 is 11.3 Å². The number of ether oxygens (including phenoxy) is 1. The maximum absolute atomic E-state index is 12.3. The minimum Gasteiger partial charge on any atom is -0.477 e. The summed E-state index contributed by atoms with van der Waals surface area (Å²) in [5, 5.41) is 11.7. The van der Waals surface area contributed by atoms with Gasteiger partial charge in [-0.2, -0.15) is 0 Å². The largest absolute Gasteiger partial charge is 0.573 e. The molecule has 2 rings (SSSR count). The number of rotatable bonds is 4. The summed E-state index contributed by atoms with van der Waals surface area (Å²) < 4.78 is 40.8. The summed E-state index contributed by atoms with van der Waals surface area (Å²) in [6.07, 6.45) is -4.82. The molecule has 0 aliphatic carbocycles. The van der Waals surface area contributed by atoms with E-state index in [9.17, 15) is 18.0 Å². The van der Waals surface area contributed by atoms with Crippen LogP contribution in [0.15, 0.2) is 24.3 Å². The van der Waals surface area contributed by atoms with Crippen LogP contribution < -0.4 is 10.1 Å². The Balaban J connectivity index is 2.28. The molecule has 0 saturated heterocycles. The van der Waals surface area contributed by atoms with Gasteiger partial charge in [0.2, 0.25) is 0 Å². The molecule has 112 valence electrons. The average molecular weight is 318 g/mol. The number of anilines is 2. The van der Waals surface area contributed by atoms with Crippen LogP contribution in [0.1, 0.15) is 15.4 Å². The highest BCUT2D eigenvalue weighted by Gasteiger charge is 2.32. The zero-order valence-corrected chi connectivity index (χ0v) is 11.4. The van der Waals surface area contributed by atoms with Gasteiger partial charge in [-0.15, -0.1) is 13.2 Å². The Labute approximate surface area is 121 Å². The smallest absolute Gasteiger partial charge is 0.477 e. The van der Waals surface area contributed by atoms with E-state index in [1.807, 2.05) is 0 Å². The molecule has 0 aliphatic heterocycles. The first-order chi connectivity index (χ1) is 9.76. The van der Waals surface area contributed by atoms with E-state index in [4.69, 9.17) is 5.11 Å². The second kappa shape index (κ2) is 5.60. The number of halogens is 3. The standard InChI is InChI=1S/C12H9F3N2O3S/c1-6-9(10(18)19)21-11(16-6)17-7-4-2-3-5-8(7)20-12(13,14)15/h2-5H,1H3,(H,16,17)(H,18,19). The molecule has 0 bridgehead atoms. The molecule has 9 heteroatoms. The maximum atomic E-state index is 12.3. The van der Waals surface area contributed by atoms with Gasteiger partial charge < -0.3 is 15.2 Å². The summed E-state index contributed by atoms with van der Waals surface area (Å²) in [5.41, 5.74) is 0.324. The highest BCUT2D eigenvalue weighted by Crippen LogP contribution is 2.33. The minimum absolute atomic E-state index is 0.0201. The maximum Gasteiger partial charge on any atom is 0.573 e. The SMILES string of the molecule is Cc1nc(Nc2ccccc2OC(F)(F)F)sc1C(=O)O. The van der Waals surface area contributed by atoms with Crippen LogP contribution in [0.25, 0.3) is 0 Å². The number of hydrogen-bond acceptors (Lipinski definition) is 5. The molecule has 0 saturated carbocycles. The fraction of sp³-hybridized carbons (Fsp3) is 0.167. The number of carboxylic acid groups (broad SMARTS) is 1. The zero-order chi connectivity index (χ0) is 15.6. The summed E-state index contributed by atoms with van der Waals surface area (Å²) in [4.78, 5) is 14.9. The number of aryl methyl sites for hydroxylation is 1. The van der Waals surface area contributed by atoms with Crippen LogP contribution in [0, 0.1) is 6.92 Å². The van der Waals surface area contributed by atoms with E-state index in [1.165, 1.54) is 25.1 Å². The van der Waals surface area contributed by atoms with Crippen LogP contribution in [0.5, 0.6) is 5.75 Å². The lowest BCUT2D eigenvalue weighted by atomic mass is 10.3. The van der Waals surface area contributed by atoms with Gasteiger partial charge in [-0.1, -0.05) is 23.5 Å². The molecule has 1 aromatic heterocycles. The monoisotopic (exact) mass is 318 g/mol. The summed E-state index contributed by atoms with van der Waals surface area (Å²) in [5.74, 6) is -1.56. The van der Waals surface area contributed by atoms with E-state index in [1.54, 1.807) is 0 Å². The van der Waals surface area contributed by atoms with Gasteiger partial charge in [-0.25, -0.2) is 9.78 Å². The first-order valence-electron chi connectivity index (χ1n) is 5.59. The topological polar surface area (TPSA) is 71.5 Å². The number of nitrogens with zero attached hydrogens (tertiary/aromatic N) is 1. The molecule has 21 heavy (non-hydrogen) atoms. The Hall–Kier alpha value is -2.29. The molecule has 0 fully saturated rings. The molecule has 0 spiro atoms. The fourth-order valence-electron chi connectivity index (χ4n) is 1.55. The van der Waals surface area contributed by atoms with Crippen LogP contribution in [0.4, 0.5) is 24.0 Å². The number of carbonyl (C=O) groups is 1. The molecule has 1 heterocycles. The lowest BCUT2D eigenvalue weighted by molar-refractivity contribution is -0.274. The van der Waals surface area contributed by atoms with E-state index in [2.05, 4.69) is 15.0 Å². The van der Waals surface area contributed by atoms with Crippen molar-refractivity contribution in [3.05, 3.63) is 34.8 Å². The van der Waals surface area contributed by atoms with Gasteiger partial charge in [0, 0.05) is 0 Å². The second-order valence-corrected chi connectivity index (χ2v) is 4.91. The number of aromatic nitrogens is 1. The molecule has 0 aliphatic rings. The van der Waals surface area contributed by atoms with Gasteiger partial charge in [0.1, 0.15) is 4.88 Å². The van der Waals surface area contributed by atoms with E-state index in [0.717, 1.165) is 17.4 Å². The first kappa shape index (κ1) is 15.1. The zero-order valence-electron chi connectivity index (χ0n) is 10.6. The average Bonchev–Trinajstić information content (AvgIpc) is 2.71. The molecule has 2 aromatic rings. The second-order valence-electron chi connectivity index (χ2n) is 3.91. The number of aromatic carboxylic acids is 1. The van der Waals surface area contributed by atoms with Gasteiger partial charge in [-0.05, 0) is 19.1 Å². The van der Waals surface area contributed by atoms with Gasteiger partial charge in [-0.3, -0.25) is 0 Å². The third-order valence-corrected chi connectivity index (χ3v) is 3.41. The molecule has 5 nitrogen and oxygen atoms in total. The number of alkyl halides is 3. The van der Waals surface area contributed by atoms with E-state index in [-0.39, 0.29) is 21.4 Å². The van der Waals surface area contributed by atoms with Crippen LogP contribution in [0.2, 0.25) is 0 Å². The molecule has 0 amide bonds. The quantitative estimate of drug-likeness (QED) is 0.897. The first-order valence-corrected chi connectivity index (χ1v) is 6.40. The van der Waals surface area contributed by atoms with Crippen molar-refractivity contribution in [1.29, 1.82) is 0 Å². The van der Waals surface area contributed by atoms with Crippen LogP contribution in [0.3, 0.4) is 0 Å². The lowest BCUT2D eigenvalue weighted by Crippen LogP contribution is -2.17. The molecule has 0 unspecified atom stereocenters. The van der Waals surface area contributed by atoms with Crippen LogP contribution in [-0.2, 0) is 0 Å². The Kier molecular flexibility index (Phi) is 4.03. The van der Waals surface area contributed by atoms with Crippen molar-refractivity contribution in [3.8, 4) is 5.75 Å². The number of carboxylic acids is 1. The highest BCUT2D eigenvalue weighted by molar-refractivity contribution is 7.17. The number of thiazole rings is 1. The fourth-order valence-corrected chi connectivity index (χ4v) is 2.36. The number of para-hydroxylation sites is 2. The predicted molar refractivity (Wildman–Crippen MR) is 70.2 cm³/mol. The van der Waals surface area contributed by atoms with Crippen molar-refractivity contribution in [3.63, 3.8) is 0 Å². The molecule has 2 N–H and O–H groups in total. The van der Waals surface area contributed by atoms with Gasteiger partial charge >= 0.3 is 12.3 Å². The highest BCUT2D eigenvalue weighted by atomic mass is 32.1. The van der Waals surface area contributed by atoms with Crippen molar-refractivity contribution in [2.24, 2.45) is 0 Å². The molecule has 1 aromatic carbocycles. The van der Waals surface area contributed by atoms with Crippen molar-refractivity contribution in [1.82, 2.24) is 4.98 Å². The third kappa shape index (κ3) is 3.85. The Morgan fingerprint density at radius 3 is 2.62 bits per heavy atom. The van der Waals surface area contributed by atoms with E-state index >= 15 is 0 Å². The molecule has 0 radical (unpaired) electrons. The van der Waals surface area contributed by atoms with Crippen LogP contribution in [-0.4, -0.2) is 22.4 Å². The van der Waals surface area contributed by atoms with Gasteiger partial charge in [0.05, 0.1) is 11.4 Å². The summed E-state index contributed by atoms with van der Waals surface area (Å²) in [6, 6.07) is 5.43. The van der Waals surface area contributed by atoms with E-state index < -0.39 is 18.1 Å². The Morgan fingerprint density at radius 1 is 1.38 bits per heavy atom. The van der Waals surface area contributed by atoms with E-state index in [0.29, 0.717) is 0 Å². The minimum atomic E-state index is -4.82. The lowest BCUT2D eigenvalue weighted by Gasteiger charge is -2.13. The number of hydrogen-bond donors (Lipinski definition) is 2. The van der Waals surface area contributed by atoms with Crippen molar-refractivity contribution in [2.75, 3.05) is 5.32 Å². The molecular weight excluding hydrogens is 309 g/mol. The Bertz CT molecular complexity index is 670. The summed E-state index contributed by atoms with van der Waals surface area (Å²) in [7, 11) is 0. The predicted octanol–water partition coefficient (Wildman–Crippen LogP) is 3.79. The number of benzene rings is 1. The summed E-state index contributed by atoms with van der Waals surface area (Å²) >= 11 is 0.831. The summed E-state index contributed by atoms with van der Waals surface area (Å²) in [6.45, 7) is 1.50. The van der Waals surface area contributed by atoms with Gasteiger partial charge in [0.15, 0.2) is 10.9 Å².